The summed E-state index contributed by atoms with van der Waals surface area (Å²) in [4.78, 5) is 45.8. The molecule has 0 unspecified atom stereocenters. The van der Waals surface area contributed by atoms with Gasteiger partial charge in [-0.2, -0.15) is 0 Å². The number of carboxylic acid groups (broad SMARTS) is 1. The molecule has 0 fully saturated rings. The zero-order valence-corrected chi connectivity index (χ0v) is 33.4. The summed E-state index contributed by atoms with van der Waals surface area (Å²) in [7, 11) is 0. The lowest BCUT2D eigenvalue weighted by Gasteiger charge is -2.13. The van der Waals surface area contributed by atoms with Gasteiger partial charge in [-0.15, -0.1) is 0 Å². The van der Waals surface area contributed by atoms with Crippen LogP contribution in [-0.2, 0) is 80.8 Å². The molecule has 1 heterocycles. The van der Waals surface area contributed by atoms with E-state index in [4.69, 9.17) is 66.7 Å². The van der Waals surface area contributed by atoms with Gasteiger partial charge in [-0.1, -0.05) is 0 Å². The van der Waals surface area contributed by atoms with Crippen molar-refractivity contribution < 1.29 is 85.9 Å². The van der Waals surface area contributed by atoms with Crippen molar-refractivity contribution in [1.82, 2.24) is 10.2 Å². The van der Waals surface area contributed by atoms with E-state index >= 15 is 0 Å². The lowest BCUT2D eigenvalue weighted by atomic mass is 10.3. The van der Waals surface area contributed by atoms with E-state index in [0.29, 0.717) is 178 Å². The van der Waals surface area contributed by atoms with Crippen LogP contribution in [0.3, 0.4) is 0 Å². The van der Waals surface area contributed by atoms with E-state index < -0.39 is 5.97 Å². The Morgan fingerprint density at radius 3 is 0.965 bits per heavy atom. The molecule has 20 heteroatoms. The van der Waals surface area contributed by atoms with Crippen LogP contribution in [0.4, 0.5) is 0 Å². The van der Waals surface area contributed by atoms with E-state index in [1.807, 2.05) is 0 Å². The lowest BCUT2D eigenvalue weighted by molar-refractivity contribution is -0.139. The van der Waals surface area contributed by atoms with E-state index in [9.17, 15) is 19.2 Å². The fraction of sp³-hybridized carbons (Fsp3) is 0.838. The molecule has 1 aliphatic rings. The molecule has 2 N–H and O–H groups in total. The number of nitrogens with zero attached hydrogens (tertiary/aromatic N) is 1. The zero-order chi connectivity index (χ0) is 41.1. The highest BCUT2D eigenvalue weighted by Gasteiger charge is 2.22. The van der Waals surface area contributed by atoms with Gasteiger partial charge in [0.25, 0.3) is 11.8 Å². The molecule has 0 atom stereocenters. The molecule has 0 spiro atoms. The second-order valence-corrected chi connectivity index (χ2v) is 11.7. The van der Waals surface area contributed by atoms with Crippen LogP contribution in [0.1, 0.15) is 19.3 Å². The van der Waals surface area contributed by atoms with Crippen LogP contribution in [0.25, 0.3) is 0 Å². The molecule has 0 saturated carbocycles. The highest BCUT2D eigenvalue weighted by Crippen LogP contribution is 2.02. The van der Waals surface area contributed by atoms with E-state index in [1.54, 1.807) is 0 Å². The number of amides is 3. The summed E-state index contributed by atoms with van der Waals surface area (Å²) in [5.41, 5.74) is 0. The monoisotopic (exact) mass is 826 g/mol. The van der Waals surface area contributed by atoms with Crippen molar-refractivity contribution >= 4 is 23.7 Å². The number of hydrogen-bond donors (Lipinski definition) is 2. The molecule has 0 saturated heterocycles. The molecule has 0 aromatic heterocycles. The van der Waals surface area contributed by atoms with Gasteiger partial charge in [0, 0.05) is 31.7 Å². The summed E-state index contributed by atoms with van der Waals surface area (Å²) in [5.74, 6) is -1.89. The van der Waals surface area contributed by atoms with Crippen molar-refractivity contribution in [2.75, 3.05) is 185 Å². The maximum atomic E-state index is 11.4. The van der Waals surface area contributed by atoms with Crippen molar-refractivity contribution in [2.24, 2.45) is 0 Å². The van der Waals surface area contributed by atoms with Crippen LogP contribution < -0.4 is 5.32 Å². The van der Waals surface area contributed by atoms with Crippen molar-refractivity contribution in [3.05, 3.63) is 12.2 Å². The topological polar surface area (TPSA) is 224 Å². The average Bonchev–Trinajstić information content (AvgIpc) is 3.52. The van der Waals surface area contributed by atoms with Crippen molar-refractivity contribution in [1.29, 1.82) is 0 Å². The Labute approximate surface area is 335 Å². The predicted molar refractivity (Wildman–Crippen MR) is 201 cm³/mol. The molecule has 20 nitrogen and oxygen atoms in total. The Morgan fingerprint density at radius 1 is 0.421 bits per heavy atom. The summed E-state index contributed by atoms with van der Waals surface area (Å²) in [6, 6.07) is 0. The minimum Gasteiger partial charge on any atom is -0.481 e. The minimum atomic E-state index is -0.988. The number of hydrogen-bond acceptors (Lipinski definition) is 17. The fourth-order valence-electron chi connectivity index (χ4n) is 4.26. The normalized spacial score (nSPS) is 12.7. The van der Waals surface area contributed by atoms with E-state index in [2.05, 4.69) is 5.32 Å². The summed E-state index contributed by atoms with van der Waals surface area (Å²) in [6.45, 7) is 12.3. The minimum absolute atomic E-state index is 0.0165. The van der Waals surface area contributed by atoms with Gasteiger partial charge in [-0.3, -0.25) is 24.1 Å². The summed E-state index contributed by atoms with van der Waals surface area (Å²) in [6.07, 6.45) is 2.96. The highest BCUT2D eigenvalue weighted by atomic mass is 16.6. The first-order valence-corrected chi connectivity index (χ1v) is 19.5. The molecule has 0 bridgehead atoms. The number of aliphatic carboxylic acids is 1. The van der Waals surface area contributed by atoms with Crippen LogP contribution in [0.2, 0.25) is 0 Å². The van der Waals surface area contributed by atoms with Crippen LogP contribution in [-0.4, -0.2) is 219 Å². The molecule has 0 radical (unpaired) electrons. The molecule has 1 rings (SSSR count). The molecule has 332 valence electrons. The summed E-state index contributed by atoms with van der Waals surface area (Å²) in [5, 5.41) is 11.2. The summed E-state index contributed by atoms with van der Waals surface area (Å²) >= 11 is 0. The third-order valence-electron chi connectivity index (χ3n) is 7.18. The van der Waals surface area contributed by atoms with Gasteiger partial charge in [0.2, 0.25) is 5.91 Å². The van der Waals surface area contributed by atoms with Gasteiger partial charge in [-0.25, -0.2) is 0 Å². The van der Waals surface area contributed by atoms with Crippen LogP contribution in [0.5, 0.6) is 0 Å². The van der Waals surface area contributed by atoms with Gasteiger partial charge >= 0.3 is 5.97 Å². The van der Waals surface area contributed by atoms with Crippen LogP contribution in [0, 0.1) is 0 Å². The molecule has 0 aromatic carbocycles. The van der Waals surface area contributed by atoms with Gasteiger partial charge in [0.15, 0.2) is 0 Å². The van der Waals surface area contributed by atoms with Crippen molar-refractivity contribution in [3.8, 4) is 0 Å². The first-order chi connectivity index (χ1) is 28.0. The second-order valence-electron chi connectivity index (χ2n) is 11.7. The number of carboxylic acids is 1. The molecule has 0 aliphatic carbocycles. The predicted octanol–water partition coefficient (Wildman–Crippen LogP) is -0.502. The standard InChI is InChI=1S/C37H66N2O18/c40-34(2-5-37(43)44)38-6-1-8-45-10-12-47-14-16-49-18-20-51-22-24-53-26-28-55-30-32-57-33-31-56-29-27-54-25-23-52-21-19-50-17-15-48-13-11-46-9-7-39-35(41)3-4-36(39)42/h3-4H,1-2,5-33H2,(H,38,40)(H,43,44). The largest absolute Gasteiger partial charge is 0.481 e. The molecule has 3 amide bonds. The number of nitrogens with one attached hydrogen (secondary N) is 1. The Morgan fingerprint density at radius 2 is 0.684 bits per heavy atom. The average molecular weight is 827 g/mol. The Hall–Kier alpha value is -2.70. The van der Waals surface area contributed by atoms with E-state index in [1.165, 1.54) is 12.2 Å². The van der Waals surface area contributed by atoms with Gasteiger partial charge < -0.3 is 72.0 Å². The third-order valence-corrected chi connectivity index (χ3v) is 7.18. The maximum absolute atomic E-state index is 11.4. The maximum Gasteiger partial charge on any atom is 0.303 e. The highest BCUT2D eigenvalue weighted by molar-refractivity contribution is 6.12. The van der Waals surface area contributed by atoms with Gasteiger partial charge in [0.05, 0.1) is 178 Å². The quantitative estimate of drug-likeness (QED) is 0.0583. The van der Waals surface area contributed by atoms with Crippen LogP contribution in [0.15, 0.2) is 12.2 Å². The number of rotatable bonds is 46. The first kappa shape index (κ1) is 52.3. The molecule has 0 aromatic rings. The number of imide groups is 1. The molecule has 57 heavy (non-hydrogen) atoms. The SMILES string of the molecule is O=C(O)CCC(=O)NCCCOCCOCCOCCOCCOCCOCCOCCOCCOCCOCCOCCOCCOCCN1C(=O)C=CC1=O. The number of carbonyl (C=O) groups excluding carboxylic acids is 3. The van der Waals surface area contributed by atoms with Gasteiger partial charge in [0.1, 0.15) is 0 Å². The second kappa shape index (κ2) is 41.5. The zero-order valence-electron chi connectivity index (χ0n) is 33.4. The fourth-order valence-corrected chi connectivity index (χ4v) is 4.26. The van der Waals surface area contributed by atoms with E-state index in [0.717, 1.165) is 4.90 Å². The first-order valence-electron chi connectivity index (χ1n) is 19.5. The Balaban J connectivity index is 1.62. The van der Waals surface area contributed by atoms with Crippen molar-refractivity contribution in [3.63, 3.8) is 0 Å². The smallest absolute Gasteiger partial charge is 0.303 e. The summed E-state index contributed by atoms with van der Waals surface area (Å²) < 4.78 is 70.8. The third kappa shape index (κ3) is 37.3. The number of ether oxygens (including phenoxy) is 13. The van der Waals surface area contributed by atoms with Crippen molar-refractivity contribution in [2.45, 2.75) is 19.3 Å². The van der Waals surface area contributed by atoms with Gasteiger partial charge in [-0.05, 0) is 6.42 Å². The Bertz CT molecular complexity index is 990. The van der Waals surface area contributed by atoms with E-state index in [-0.39, 0.29) is 43.7 Å². The lowest BCUT2D eigenvalue weighted by Crippen LogP contribution is -2.33. The van der Waals surface area contributed by atoms with Crippen LogP contribution >= 0.6 is 0 Å². The molecular formula is C37H66N2O18. The molecule has 1 aliphatic heterocycles. The molecular weight excluding hydrogens is 760 g/mol. The Kier molecular flexibility index (Phi) is 38.1. The number of carbonyl (C=O) groups is 4.